The van der Waals surface area contributed by atoms with Crippen molar-refractivity contribution in [2.24, 2.45) is 0 Å². The van der Waals surface area contributed by atoms with Crippen LogP contribution in [0.1, 0.15) is 22.5 Å². The number of hydrogen-bond donors (Lipinski definition) is 2. The SMILES string of the molecule is O=c1nc(Cc2ccccc2)c2c([nH]1)CNC2. The first-order valence-electron chi connectivity index (χ1n) is 5.68. The molecule has 4 heteroatoms. The molecule has 3 rings (SSSR count). The first-order chi connectivity index (χ1) is 8.33. The van der Waals surface area contributed by atoms with Crippen LogP contribution in [0.3, 0.4) is 0 Å². The van der Waals surface area contributed by atoms with Crippen LogP contribution in [0.5, 0.6) is 0 Å². The average Bonchev–Trinajstić information content (AvgIpc) is 2.78. The molecule has 1 aromatic carbocycles. The lowest BCUT2D eigenvalue weighted by Gasteiger charge is -2.05. The summed E-state index contributed by atoms with van der Waals surface area (Å²) in [6.07, 6.45) is 0.717. The predicted molar refractivity (Wildman–Crippen MR) is 64.6 cm³/mol. The maximum absolute atomic E-state index is 11.4. The molecule has 0 unspecified atom stereocenters. The number of nitrogens with zero attached hydrogens (tertiary/aromatic N) is 1. The van der Waals surface area contributed by atoms with Gasteiger partial charge in [-0.15, -0.1) is 0 Å². The maximum atomic E-state index is 11.4. The second-order valence-electron chi connectivity index (χ2n) is 4.21. The van der Waals surface area contributed by atoms with Crippen LogP contribution in [0.25, 0.3) is 0 Å². The highest BCUT2D eigenvalue weighted by Gasteiger charge is 2.16. The van der Waals surface area contributed by atoms with Gasteiger partial charge in [-0.2, -0.15) is 4.98 Å². The largest absolute Gasteiger partial charge is 0.345 e. The van der Waals surface area contributed by atoms with E-state index in [1.54, 1.807) is 0 Å². The summed E-state index contributed by atoms with van der Waals surface area (Å²) >= 11 is 0. The minimum Gasteiger partial charge on any atom is -0.308 e. The van der Waals surface area contributed by atoms with E-state index in [4.69, 9.17) is 0 Å². The minimum absolute atomic E-state index is 0.251. The number of fused-ring (bicyclic) bond motifs is 1. The molecule has 17 heavy (non-hydrogen) atoms. The number of rotatable bonds is 2. The Balaban J connectivity index is 2.01. The summed E-state index contributed by atoms with van der Waals surface area (Å²) in [5, 5.41) is 3.23. The molecule has 4 nitrogen and oxygen atoms in total. The summed E-state index contributed by atoms with van der Waals surface area (Å²) in [6.45, 7) is 1.52. The summed E-state index contributed by atoms with van der Waals surface area (Å²) in [4.78, 5) is 18.3. The number of H-pyrrole nitrogens is 1. The van der Waals surface area contributed by atoms with Crippen molar-refractivity contribution >= 4 is 0 Å². The number of benzene rings is 1. The number of hydrogen-bond acceptors (Lipinski definition) is 3. The van der Waals surface area contributed by atoms with E-state index >= 15 is 0 Å². The summed E-state index contributed by atoms with van der Waals surface area (Å²) < 4.78 is 0. The van der Waals surface area contributed by atoms with Crippen molar-refractivity contribution in [1.82, 2.24) is 15.3 Å². The molecule has 1 aliphatic heterocycles. The van der Waals surface area contributed by atoms with Crippen LogP contribution in [0.15, 0.2) is 35.1 Å². The van der Waals surface area contributed by atoms with Crippen LogP contribution in [-0.4, -0.2) is 9.97 Å². The number of nitrogens with one attached hydrogen (secondary N) is 2. The molecule has 0 spiro atoms. The zero-order valence-electron chi connectivity index (χ0n) is 9.36. The lowest BCUT2D eigenvalue weighted by atomic mass is 10.1. The van der Waals surface area contributed by atoms with Crippen LogP contribution >= 0.6 is 0 Å². The van der Waals surface area contributed by atoms with Gasteiger partial charge < -0.3 is 10.3 Å². The van der Waals surface area contributed by atoms with Crippen LogP contribution in [0.2, 0.25) is 0 Å². The third-order valence-electron chi connectivity index (χ3n) is 3.02. The molecule has 86 valence electrons. The first kappa shape index (κ1) is 10.2. The first-order valence-corrected chi connectivity index (χ1v) is 5.68. The van der Waals surface area contributed by atoms with E-state index in [0.29, 0.717) is 0 Å². The van der Waals surface area contributed by atoms with E-state index in [1.165, 1.54) is 5.56 Å². The summed E-state index contributed by atoms with van der Waals surface area (Å²) in [5.41, 5.74) is 3.95. The van der Waals surface area contributed by atoms with E-state index in [9.17, 15) is 4.79 Å². The fourth-order valence-corrected chi connectivity index (χ4v) is 2.20. The monoisotopic (exact) mass is 227 g/mol. The third-order valence-corrected chi connectivity index (χ3v) is 3.02. The Hall–Kier alpha value is -1.94. The van der Waals surface area contributed by atoms with Gasteiger partial charge in [-0.25, -0.2) is 4.79 Å². The molecule has 0 bridgehead atoms. The van der Waals surface area contributed by atoms with Crippen molar-refractivity contribution in [2.75, 3.05) is 0 Å². The van der Waals surface area contributed by atoms with Crippen molar-refractivity contribution in [3.63, 3.8) is 0 Å². The Bertz CT molecular complexity index is 589. The van der Waals surface area contributed by atoms with Gasteiger partial charge in [0.2, 0.25) is 0 Å². The average molecular weight is 227 g/mol. The normalized spacial score (nSPS) is 13.6. The second kappa shape index (κ2) is 4.14. The molecule has 0 radical (unpaired) electrons. The molecule has 0 aliphatic carbocycles. The quantitative estimate of drug-likeness (QED) is 0.803. The van der Waals surface area contributed by atoms with Crippen LogP contribution in [0, 0.1) is 0 Å². The standard InChI is InChI=1S/C13H13N3O/c17-13-15-11(6-9-4-2-1-3-5-9)10-7-14-8-12(10)16-13/h1-5,14H,6-8H2,(H,15,16,17). The fourth-order valence-electron chi connectivity index (χ4n) is 2.20. The molecule has 0 fully saturated rings. The third kappa shape index (κ3) is 1.99. The van der Waals surface area contributed by atoms with E-state index in [-0.39, 0.29) is 5.69 Å². The highest BCUT2D eigenvalue weighted by Crippen LogP contribution is 2.17. The van der Waals surface area contributed by atoms with Crippen molar-refractivity contribution in [3.05, 3.63) is 63.3 Å². The lowest BCUT2D eigenvalue weighted by Crippen LogP contribution is -2.17. The maximum Gasteiger partial charge on any atom is 0.345 e. The van der Waals surface area contributed by atoms with Crippen molar-refractivity contribution in [2.45, 2.75) is 19.5 Å². The molecule has 1 aromatic heterocycles. The molecular weight excluding hydrogens is 214 g/mol. The van der Waals surface area contributed by atoms with Gasteiger partial charge in [0, 0.05) is 30.8 Å². The van der Waals surface area contributed by atoms with Gasteiger partial charge in [0.15, 0.2) is 0 Å². The van der Waals surface area contributed by atoms with Crippen molar-refractivity contribution in [1.29, 1.82) is 0 Å². The number of aromatic amines is 1. The molecule has 2 aromatic rings. The molecule has 0 saturated carbocycles. The van der Waals surface area contributed by atoms with E-state index < -0.39 is 0 Å². The molecule has 0 amide bonds. The minimum atomic E-state index is -0.251. The molecule has 1 aliphatic rings. The summed E-state index contributed by atoms with van der Waals surface area (Å²) in [6, 6.07) is 10.1. The van der Waals surface area contributed by atoms with E-state index in [2.05, 4.69) is 27.4 Å². The molecular formula is C13H13N3O. The summed E-state index contributed by atoms with van der Waals surface area (Å²) in [7, 11) is 0. The zero-order chi connectivity index (χ0) is 11.7. The topological polar surface area (TPSA) is 57.8 Å². The van der Waals surface area contributed by atoms with Gasteiger partial charge in [0.1, 0.15) is 0 Å². The van der Waals surface area contributed by atoms with Crippen molar-refractivity contribution < 1.29 is 0 Å². The van der Waals surface area contributed by atoms with Gasteiger partial charge in [-0.3, -0.25) is 0 Å². The lowest BCUT2D eigenvalue weighted by molar-refractivity contribution is 0.755. The Morgan fingerprint density at radius 3 is 2.82 bits per heavy atom. The van der Waals surface area contributed by atoms with Crippen LogP contribution in [0.4, 0.5) is 0 Å². The molecule has 2 heterocycles. The van der Waals surface area contributed by atoms with E-state index in [1.807, 2.05) is 18.2 Å². The van der Waals surface area contributed by atoms with E-state index in [0.717, 1.165) is 36.5 Å². The van der Waals surface area contributed by atoms with Gasteiger partial charge in [0.25, 0.3) is 0 Å². The smallest absolute Gasteiger partial charge is 0.308 e. The molecule has 0 saturated heterocycles. The number of aromatic nitrogens is 2. The Labute approximate surface area is 98.7 Å². The van der Waals surface area contributed by atoms with Gasteiger partial charge in [-0.05, 0) is 5.56 Å². The zero-order valence-corrected chi connectivity index (χ0v) is 9.36. The highest BCUT2D eigenvalue weighted by atomic mass is 16.1. The van der Waals surface area contributed by atoms with Gasteiger partial charge in [-0.1, -0.05) is 30.3 Å². The van der Waals surface area contributed by atoms with Gasteiger partial charge in [0.05, 0.1) is 5.69 Å². The van der Waals surface area contributed by atoms with Crippen LogP contribution < -0.4 is 11.0 Å². The van der Waals surface area contributed by atoms with Crippen LogP contribution in [-0.2, 0) is 19.5 Å². The second-order valence-corrected chi connectivity index (χ2v) is 4.21. The van der Waals surface area contributed by atoms with Crippen molar-refractivity contribution in [3.8, 4) is 0 Å². The molecule has 0 atom stereocenters. The Morgan fingerprint density at radius 2 is 2.00 bits per heavy atom. The Morgan fingerprint density at radius 1 is 1.18 bits per heavy atom. The highest BCUT2D eigenvalue weighted by molar-refractivity contribution is 5.32. The summed E-state index contributed by atoms with van der Waals surface area (Å²) in [5.74, 6) is 0. The fraction of sp³-hybridized carbons (Fsp3) is 0.231. The predicted octanol–water partition coefficient (Wildman–Crippen LogP) is 0.964. The Kier molecular flexibility index (Phi) is 2.49. The van der Waals surface area contributed by atoms with Gasteiger partial charge >= 0.3 is 5.69 Å². The molecule has 2 N–H and O–H groups in total.